The summed E-state index contributed by atoms with van der Waals surface area (Å²) in [6, 6.07) is 21.2. The van der Waals surface area contributed by atoms with Gasteiger partial charge in [-0.05, 0) is 10.6 Å². The van der Waals surface area contributed by atoms with Crippen molar-refractivity contribution in [3.63, 3.8) is 0 Å². The van der Waals surface area contributed by atoms with Crippen molar-refractivity contribution < 1.29 is 20.4 Å². The van der Waals surface area contributed by atoms with Gasteiger partial charge in [-0.1, -0.05) is 83.1 Å². The fourth-order valence-corrected chi connectivity index (χ4v) is 2.26. The van der Waals surface area contributed by atoms with Gasteiger partial charge in [0.2, 0.25) is 0 Å². The van der Waals surface area contributed by atoms with Crippen LogP contribution in [-0.4, -0.2) is 0 Å². The van der Waals surface area contributed by atoms with Crippen LogP contribution >= 0.6 is 8.58 Å². The van der Waals surface area contributed by atoms with Gasteiger partial charge in [0, 0.05) is 20.4 Å². The van der Waals surface area contributed by atoms with E-state index in [9.17, 15) is 0 Å². The maximum Gasteiger partial charge on any atom is 0 e. The monoisotopic (exact) mass is 322 g/mol. The average Bonchev–Trinajstić information content (AvgIpc) is 2.34. The molecule has 2 rings (SSSR count). The van der Waals surface area contributed by atoms with Crippen LogP contribution in [0.3, 0.4) is 0 Å². The van der Waals surface area contributed by atoms with Crippen LogP contribution in [0.25, 0.3) is 0 Å². The van der Waals surface area contributed by atoms with E-state index in [-0.39, 0.29) is 20.4 Å². The Morgan fingerprint density at radius 2 is 0.938 bits per heavy atom. The summed E-state index contributed by atoms with van der Waals surface area (Å²) in [5.41, 5.74) is 0. The minimum absolute atomic E-state index is 0. The molecule has 0 bridgehead atoms. The molecule has 0 aliphatic carbocycles. The Balaban J connectivity index is 0.000000711. The molecule has 2 aromatic rings. The minimum Gasteiger partial charge on any atom is -0.0683 e. The van der Waals surface area contributed by atoms with E-state index in [0.29, 0.717) is 0 Å². The second kappa shape index (κ2) is 9.74. The van der Waals surface area contributed by atoms with Gasteiger partial charge in [0.1, 0.15) is 0 Å². The van der Waals surface area contributed by atoms with Crippen molar-refractivity contribution in [2.45, 2.75) is 13.8 Å². The molecular weight excluding hydrogens is 306 g/mol. The third-order valence-electron chi connectivity index (χ3n) is 1.84. The topological polar surface area (TPSA) is 0 Å². The Hall–Kier alpha value is -0.468. The number of benzene rings is 2. The molecule has 0 heterocycles. The maximum absolute atomic E-state index is 2.17. The Morgan fingerprint density at radius 3 is 1.25 bits per heavy atom. The number of hydrogen-bond donors (Lipinski definition) is 0. The van der Waals surface area contributed by atoms with Gasteiger partial charge in [0.15, 0.2) is 0 Å². The van der Waals surface area contributed by atoms with Crippen molar-refractivity contribution in [2.75, 3.05) is 0 Å². The molecule has 2 heteroatoms. The van der Waals surface area contributed by atoms with Crippen molar-refractivity contribution in [1.29, 1.82) is 0 Å². The van der Waals surface area contributed by atoms with Crippen LogP contribution in [0.2, 0.25) is 0 Å². The van der Waals surface area contributed by atoms with Crippen molar-refractivity contribution in [3.8, 4) is 0 Å². The van der Waals surface area contributed by atoms with Crippen LogP contribution in [0.5, 0.6) is 0 Å². The van der Waals surface area contributed by atoms with Gasteiger partial charge in [0.05, 0.1) is 0 Å². The normalized spacial score (nSPS) is 8.38. The van der Waals surface area contributed by atoms with Gasteiger partial charge in [-0.15, -0.1) is 0 Å². The van der Waals surface area contributed by atoms with Crippen LogP contribution in [0.15, 0.2) is 60.7 Å². The average molecular weight is 323 g/mol. The summed E-state index contributed by atoms with van der Waals surface area (Å²) in [6.45, 7) is 4.00. The maximum atomic E-state index is 2.17. The molecule has 16 heavy (non-hydrogen) atoms. The van der Waals surface area contributed by atoms with E-state index in [1.165, 1.54) is 10.6 Å². The van der Waals surface area contributed by atoms with Crippen LogP contribution < -0.4 is 10.6 Å². The third kappa shape index (κ3) is 5.57. The summed E-state index contributed by atoms with van der Waals surface area (Å²) in [4.78, 5) is 0. The van der Waals surface area contributed by atoms with E-state index >= 15 is 0 Å². The molecule has 0 saturated heterocycles. The molecule has 0 amide bonds. The van der Waals surface area contributed by atoms with E-state index in [2.05, 4.69) is 60.7 Å². The predicted molar refractivity (Wildman–Crippen MR) is 71.8 cm³/mol. The Morgan fingerprint density at radius 1 is 0.625 bits per heavy atom. The van der Waals surface area contributed by atoms with Crippen LogP contribution in [-0.2, 0) is 20.4 Å². The molecule has 88 valence electrons. The zero-order valence-corrected chi connectivity index (χ0v) is 12.1. The summed E-state index contributed by atoms with van der Waals surface area (Å²) >= 11 is 0. The van der Waals surface area contributed by atoms with E-state index in [1.807, 2.05) is 13.8 Å². The third-order valence-corrected chi connectivity index (χ3v) is 3.08. The first-order chi connectivity index (χ1) is 7.45. The molecule has 0 N–H and O–H groups in total. The first-order valence-corrected chi connectivity index (χ1v) is 6.32. The van der Waals surface area contributed by atoms with Crippen molar-refractivity contribution >= 4 is 19.2 Å². The Kier molecular flexibility index (Phi) is 9.45. The Bertz CT molecular complexity index is 322. The first kappa shape index (κ1) is 15.5. The van der Waals surface area contributed by atoms with Gasteiger partial charge in [0.25, 0.3) is 0 Å². The Labute approximate surface area is 114 Å². The predicted octanol–water partition coefficient (Wildman–Crippen LogP) is 3.34. The van der Waals surface area contributed by atoms with Crippen molar-refractivity contribution in [1.82, 2.24) is 0 Å². The summed E-state index contributed by atoms with van der Waals surface area (Å²) in [5.74, 6) is 0. The smallest absolute Gasteiger partial charge is 0 e. The molecular formula is C14H17PPd. The first-order valence-electron chi connectivity index (χ1n) is 5.32. The molecule has 0 unspecified atom stereocenters. The van der Waals surface area contributed by atoms with Gasteiger partial charge in [-0.3, -0.25) is 0 Å². The molecule has 0 fully saturated rings. The second-order valence-corrected chi connectivity index (χ2v) is 4.26. The summed E-state index contributed by atoms with van der Waals surface area (Å²) in [7, 11) is 0.777. The van der Waals surface area contributed by atoms with E-state index < -0.39 is 0 Å². The molecule has 0 aliphatic rings. The quantitative estimate of drug-likeness (QED) is 0.587. The molecule has 0 radical (unpaired) electrons. The molecule has 2 aromatic carbocycles. The summed E-state index contributed by atoms with van der Waals surface area (Å²) in [5, 5.41) is 2.79. The zero-order chi connectivity index (χ0) is 10.9. The fraction of sp³-hybridized carbons (Fsp3) is 0.143. The molecule has 0 saturated carbocycles. The summed E-state index contributed by atoms with van der Waals surface area (Å²) < 4.78 is 0. The molecule has 0 nitrogen and oxygen atoms in total. The SMILES string of the molecule is CC.[Pd].c1ccc(Pc2ccccc2)cc1. The van der Waals surface area contributed by atoms with E-state index in [1.54, 1.807) is 0 Å². The van der Waals surface area contributed by atoms with Crippen LogP contribution in [0.4, 0.5) is 0 Å². The van der Waals surface area contributed by atoms with Crippen LogP contribution in [0.1, 0.15) is 13.8 Å². The number of hydrogen-bond acceptors (Lipinski definition) is 0. The minimum atomic E-state index is 0. The van der Waals surface area contributed by atoms with E-state index in [4.69, 9.17) is 0 Å². The van der Waals surface area contributed by atoms with E-state index in [0.717, 1.165) is 8.58 Å². The van der Waals surface area contributed by atoms with Gasteiger partial charge < -0.3 is 0 Å². The van der Waals surface area contributed by atoms with Gasteiger partial charge in [-0.25, -0.2) is 0 Å². The standard InChI is InChI=1S/C12H11P.C2H6.Pd/c1-3-7-11(8-4-1)13-12-9-5-2-6-10-12;1-2;/h1-10,13H;1-2H3;. The van der Waals surface area contributed by atoms with Gasteiger partial charge in [-0.2, -0.15) is 0 Å². The van der Waals surface area contributed by atoms with Crippen molar-refractivity contribution in [2.24, 2.45) is 0 Å². The molecule has 0 aromatic heterocycles. The largest absolute Gasteiger partial charge is 0.0683 e. The van der Waals surface area contributed by atoms with Crippen molar-refractivity contribution in [3.05, 3.63) is 60.7 Å². The zero-order valence-electron chi connectivity index (χ0n) is 9.59. The van der Waals surface area contributed by atoms with Gasteiger partial charge >= 0.3 is 0 Å². The molecule has 0 spiro atoms. The molecule has 0 aliphatic heterocycles. The fourth-order valence-electron chi connectivity index (χ4n) is 1.21. The van der Waals surface area contributed by atoms with Crippen LogP contribution in [0, 0.1) is 0 Å². The summed E-state index contributed by atoms with van der Waals surface area (Å²) in [6.07, 6.45) is 0. The molecule has 0 atom stereocenters. The number of rotatable bonds is 2. The second-order valence-electron chi connectivity index (χ2n) is 2.86.